The summed E-state index contributed by atoms with van der Waals surface area (Å²) in [7, 11) is 0. The third kappa shape index (κ3) is 4.27. The van der Waals surface area contributed by atoms with Crippen LogP contribution in [0.15, 0.2) is 60.4 Å². The van der Waals surface area contributed by atoms with Gasteiger partial charge in [0.25, 0.3) is 0 Å². The number of rotatable bonds is 1. The molecule has 34 heavy (non-hydrogen) atoms. The van der Waals surface area contributed by atoms with Gasteiger partial charge in [-0.1, -0.05) is 12.6 Å². The van der Waals surface area contributed by atoms with Crippen molar-refractivity contribution in [2.24, 2.45) is 4.99 Å². The molecule has 0 N–H and O–H groups in total. The summed E-state index contributed by atoms with van der Waals surface area (Å²) >= 11 is 0. The minimum atomic E-state index is -5.13. The van der Waals surface area contributed by atoms with Crippen molar-refractivity contribution in [3.05, 3.63) is 83.2 Å². The minimum Gasteiger partial charge on any atom is -0.254 e. The fourth-order valence-corrected chi connectivity index (χ4v) is 3.38. The number of aromatic nitrogens is 2. The van der Waals surface area contributed by atoms with E-state index in [9.17, 15) is 39.5 Å². The van der Waals surface area contributed by atoms with Gasteiger partial charge in [-0.3, -0.25) is 9.97 Å². The summed E-state index contributed by atoms with van der Waals surface area (Å²) in [4.78, 5) is 11.8. The maximum absolute atomic E-state index is 13.3. The Labute approximate surface area is 185 Å². The number of hydrogen-bond acceptors (Lipinski definition) is 3. The summed E-state index contributed by atoms with van der Waals surface area (Å²) in [5.41, 5.74) is -5.53. The number of hydrogen-bond donors (Lipinski definition) is 0. The van der Waals surface area contributed by atoms with Crippen molar-refractivity contribution in [3.63, 3.8) is 0 Å². The van der Waals surface area contributed by atoms with Crippen LogP contribution in [0.25, 0.3) is 17.0 Å². The van der Waals surface area contributed by atoms with E-state index in [0.717, 1.165) is 0 Å². The van der Waals surface area contributed by atoms with Crippen molar-refractivity contribution < 1.29 is 39.5 Å². The van der Waals surface area contributed by atoms with Crippen molar-refractivity contribution in [2.45, 2.75) is 18.5 Å². The second-order valence-electron chi connectivity index (χ2n) is 7.22. The van der Waals surface area contributed by atoms with Crippen LogP contribution in [0.2, 0.25) is 0 Å². The van der Waals surface area contributed by atoms with Crippen molar-refractivity contribution in [3.8, 4) is 11.4 Å². The van der Waals surface area contributed by atoms with Gasteiger partial charge in [0.1, 0.15) is 0 Å². The summed E-state index contributed by atoms with van der Waals surface area (Å²) in [6.07, 6.45) is -13.2. The molecular formula is C22H10F9N3. The molecule has 0 bridgehead atoms. The molecule has 0 spiro atoms. The Hall–Kier alpha value is -3.70. The van der Waals surface area contributed by atoms with Crippen LogP contribution < -0.4 is 0 Å². The molecule has 2 aromatic heterocycles. The third-order valence-electron chi connectivity index (χ3n) is 4.93. The van der Waals surface area contributed by atoms with Crippen LogP contribution >= 0.6 is 0 Å². The lowest BCUT2D eigenvalue weighted by molar-refractivity contribution is -0.143. The first-order valence-electron chi connectivity index (χ1n) is 9.27. The number of allylic oxidation sites excluding steroid dienone is 1. The van der Waals surface area contributed by atoms with Crippen LogP contribution in [0, 0.1) is 0 Å². The quantitative estimate of drug-likeness (QED) is 0.337. The first-order valence-corrected chi connectivity index (χ1v) is 9.27. The standard InChI is InChI=1S/C22H10F9N3/c1-10-15-3-2-4-32-18(15)19-16(8-13(9-33-19)22(29,30)31)17(10)34-14-6-11(20(23,24)25)5-12(7-14)21(26,27)28/h2-9H,1H2. The first kappa shape index (κ1) is 23.5. The number of nitrogens with zero attached hydrogens (tertiary/aromatic N) is 3. The molecule has 0 unspecified atom stereocenters. The molecule has 3 aromatic rings. The zero-order valence-corrected chi connectivity index (χ0v) is 16.6. The minimum absolute atomic E-state index is 0.0392. The lowest BCUT2D eigenvalue weighted by Gasteiger charge is -2.23. The van der Waals surface area contributed by atoms with E-state index in [1.54, 1.807) is 0 Å². The largest absolute Gasteiger partial charge is 0.417 e. The molecule has 1 aromatic carbocycles. The van der Waals surface area contributed by atoms with E-state index in [4.69, 9.17) is 0 Å². The van der Waals surface area contributed by atoms with Gasteiger partial charge in [0, 0.05) is 29.1 Å². The molecule has 0 atom stereocenters. The topological polar surface area (TPSA) is 38.1 Å². The van der Waals surface area contributed by atoms with Gasteiger partial charge in [0.05, 0.1) is 39.5 Å². The normalized spacial score (nSPS) is 15.3. The monoisotopic (exact) mass is 487 g/mol. The van der Waals surface area contributed by atoms with Gasteiger partial charge in [0.2, 0.25) is 0 Å². The maximum atomic E-state index is 13.3. The highest BCUT2D eigenvalue weighted by Gasteiger charge is 2.38. The number of halogens is 9. The zero-order chi connectivity index (χ0) is 25.1. The van der Waals surface area contributed by atoms with Crippen LogP contribution in [0.4, 0.5) is 45.2 Å². The van der Waals surface area contributed by atoms with Crippen LogP contribution in [0.3, 0.4) is 0 Å². The molecule has 4 rings (SSSR count). The molecule has 0 fully saturated rings. The molecule has 0 aliphatic heterocycles. The lowest BCUT2D eigenvalue weighted by Crippen LogP contribution is -2.17. The molecule has 2 heterocycles. The van der Waals surface area contributed by atoms with Crippen LogP contribution in [0.5, 0.6) is 0 Å². The van der Waals surface area contributed by atoms with E-state index in [2.05, 4.69) is 21.5 Å². The second kappa shape index (κ2) is 7.67. The Morgan fingerprint density at radius 3 is 1.79 bits per heavy atom. The zero-order valence-electron chi connectivity index (χ0n) is 16.6. The van der Waals surface area contributed by atoms with Crippen LogP contribution in [-0.4, -0.2) is 15.7 Å². The number of benzene rings is 1. The Balaban J connectivity index is 2.00. The molecule has 3 nitrogen and oxygen atoms in total. The van der Waals surface area contributed by atoms with Crippen LogP contribution in [0.1, 0.15) is 27.8 Å². The molecule has 1 aliphatic carbocycles. The fourth-order valence-electron chi connectivity index (χ4n) is 3.38. The molecule has 12 heteroatoms. The highest BCUT2D eigenvalue weighted by atomic mass is 19.4. The Morgan fingerprint density at radius 2 is 1.24 bits per heavy atom. The summed E-state index contributed by atoms with van der Waals surface area (Å²) < 4.78 is 119. The van der Waals surface area contributed by atoms with Crippen molar-refractivity contribution in [1.82, 2.24) is 9.97 Å². The summed E-state index contributed by atoms with van der Waals surface area (Å²) in [5, 5.41) is 0. The van der Waals surface area contributed by atoms with E-state index < -0.39 is 40.9 Å². The van der Waals surface area contributed by atoms with Crippen molar-refractivity contribution in [1.29, 1.82) is 0 Å². The van der Waals surface area contributed by atoms with Crippen molar-refractivity contribution >= 4 is 17.0 Å². The number of aliphatic imine (C=N–C) groups is 1. The Morgan fingerprint density at radius 1 is 0.676 bits per heavy atom. The van der Waals surface area contributed by atoms with Gasteiger partial charge < -0.3 is 0 Å². The van der Waals surface area contributed by atoms with E-state index in [0.29, 0.717) is 24.4 Å². The summed E-state index contributed by atoms with van der Waals surface area (Å²) in [6, 6.07) is 4.28. The summed E-state index contributed by atoms with van der Waals surface area (Å²) in [6.45, 7) is 3.74. The average molecular weight is 487 g/mol. The number of pyridine rings is 2. The van der Waals surface area contributed by atoms with Gasteiger partial charge >= 0.3 is 18.5 Å². The number of fused-ring (bicyclic) bond motifs is 3. The highest BCUT2D eigenvalue weighted by molar-refractivity contribution is 6.36. The maximum Gasteiger partial charge on any atom is 0.417 e. The molecule has 0 amide bonds. The van der Waals surface area contributed by atoms with Gasteiger partial charge in [-0.25, -0.2) is 4.99 Å². The first-order chi connectivity index (χ1) is 15.7. The molecular weight excluding hydrogens is 477 g/mol. The third-order valence-corrected chi connectivity index (χ3v) is 4.93. The number of alkyl halides is 9. The lowest BCUT2D eigenvalue weighted by atomic mass is 9.86. The van der Waals surface area contributed by atoms with Gasteiger partial charge in [-0.2, -0.15) is 39.5 Å². The van der Waals surface area contributed by atoms with E-state index in [-0.39, 0.29) is 39.9 Å². The highest BCUT2D eigenvalue weighted by Crippen LogP contribution is 2.42. The smallest absolute Gasteiger partial charge is 0.254 e. The molecule has 1 aliphatic rings. The van der Waals surface area contributed by atoms with Crippen LogP contribution in [-0.2, 0) is 18.5 Å². The van der Waals surface area contributed by atoms with E-state index in [1.807, 2.05) is 0 Å². The predicted molar refractivity (Wildman–Crippen MR) is 104 cm³/mol. The molecule has 176 valence electrons. The van der Waals surface area contributed by atoms with Gasteiger partial charge in [0.15, 0.2) is 0 Å². The Kier molecular flexibility index (Phi) is 5.29. The molecule has 0 saturated carbocycles. The van der Waals surface area contributed by atoms with Crippen molar-refractivity contribution in [2.75, 3.05) is 0 Å². The van der Waals surface area contributed by atoms with E-state index >= 15 is 0 Å². The predicted octanol–water partition coefficient (Wildman–Crippen LogP) is 7.35. The molecule has 0 saturated heterocycles. The average Bonchev–Trinajstić information content (AvgIpc) is 2.74. The Bertz CT molecular complexity index is 1300. The fraction of sp³-hybridized carbons (Fsp3) is 0.136. The van der Waals surface area contributed by atoms with Gasteiger partial charge in [-0.05, 0) is 30.3 Å². The second-order valence-corrected chi connectivity index (χ2v) is 7.22. The van der Waals surface area contributed by atoms with E-state index in [1.165, 1.54) is 18.3 Å². The SMILES string of the molecule is C=C1C(=Nc2cc(C(F)(F)F)cc(C(F)(F)F)c2)c2cc(C(F)(F)F)cnc2-c2ncccc21. The molecule has 0 radical (unpaired) electrons. The summed E-state index contributed by atoms with van der Waals surface area (Å²) in [5.74, 6) is 0. The van der Waals surface area contributed by atoms with Gasteiger partial charge in [-0.15, -0.1) is 0 Å².